The molecule has 0 aliphatic carbocycles. The summed E-state index contributed by atoms with van der Waals surface area (Å²) in [5.74, 6) is 0.807. The first-order chi connectivity index (χ1) is 5.52. The summed E-state index contributed by atoms with van der Waals surface area (Å²) >= 11 is 0. The van der Waals surface area contributed by atoms with Crippen LogP contribution in [0.2, 0.25) is 0 Å². The van der Waals surface area contributed by atoms with Crippen LogP contribution in [0.25, 0.3) is 0 Å². The molecule has 1 fully saturated rings. The van der Waals surface area contributed by atoms with Crippen LogP contribution in [0.1, 0.15) is 27.2 Å². The molecule has 0 aromatic rings. The van der Waals surface area contributed by atoms with Gasteiger partial charge in [-0.15, -0.1) is 0 Å². The van der Waals surface area contributed by atoms with Crippen molar-refractivity contribution in [2.24, 2.45) is 5.92 Å². The van der Waals surface area contributed by atoms with Crippen molar-refractivity contribution >= 4 is 5.91 Å². The zero-order chi connectivity index (χ0) is 9.30. The van der Waals surface area contributed by atoms with Crippen LogP contribution in [0.4, 0.5) is 0 Å². The Bertz CT molecular complexity index is 177. The smallest absolute Gasteiger partial charge is 0.240 e. The van der Waals surface area contributed by atoms with Crippen molar-refractivity contribution in [3.05, 3.63) is 0 Å². The molecule has 1 heterocycles. The first kappa shape index (κ1) is 9.52. The van der Waals surface area contributed by atoms with Gasteiger partial charge in [-0.2, -0.15) is 0 Å². The molecule has 1 rings (SSSR count). The van der Waals surface area contributed by atoms with Crippen molar-refractivity contribution in [2.45, 2.75) is 39.4 Å². The lowest BCUT2D eigenvalue weighted by molar-refractivity contribution is -0.128. The van der Waals surface area contributed by atoms with E-state index in [0.29, 0.717) is 5.92 Å². The van der Waals surface area contributed by atoms with Crippen LogP contribution in [0.3, 0.4) is 0 Å². The van der Waals surface area contributed by atoms with Crippen LogP contribution in [0.5, 0.6) is 0 Å². The molecule has 0 saturated carbocycles. The molecule has 0 bridgehead atoms. The number of likely N-dealkylation sites (N-methyl/N-ethyl adjacent to an activating group) is 1. The van der Waals surface area contributed by atoms with E-state index in [-0.39, 0.29) is 18.1 Å². The van der Waals surface area contributed by atoms with Crippen LogP contribution < -0.4 is 5.32 Å². The fourth-order valence-corrected chi connectivity index (χ4v) is 1.55. The van der Waals surface area contributed by atoms with E-state index in [4.69, 9.17) is 0 Å². The lowest BCUT2D eigenvalue weighted by Gasteiger charge is -2.12. The van der Waals surface area contributed by atoms with Gasteiger partial charge in [0.15, 0.2) is 0 Å². The van der Waals surface area contributed by atoms with E-state index < -0.39 is 0 Å². The maximum Gasteiger partial charge on any atom is 0.240 e. The van der Waals surface area contributed by atoms with Gasteiger partial charge in [-0.1, -0.05) is 13.8 Å². The van der Waals surface area contributed by atoms with Crippen LogP contribution in [0, 0.1) is 5.92 Å². The highest BCUT2D eigenvalue weighted by Crippen LogP contribution is 2.14. The zero-order valence-corrected chi connectivity index (χ0v) is 8.29. The van der Waals surface area contributed by atoms with Crippen molar-refractivity contribution < 1.29 is 4.79 Å². The average Bonchev–Trinajstić information content (AvgIpc) is 2.17. The molecule has 2 atom stereocenters. The minimum absolute atomic E-state index is 0.0463. The number of carbonyl (C=O) groups excluding carboxylic acids is 1. The van der Waals surface area contributed by atoms with E-state index in [1.807, 2.05) is 14.0 Å². The van der Waals surface area contributed by atoms with Gasteiger partial charge in [-0.05, 0) is 19.3 Å². The standard InChI is InChI=1S/C9H18N2O/c1-6(2)5-8-9(12)11(4)7(3)10-8/h6-8,10H,5H2,1-4H3. The molecule has 1 aliphatic heterocycles. The van der Waals surface area contributed by atoms with Crippen molar-refractivity contribution in [1.29, 1.82) is 0 Å². The Labute approximate surface area is 74.1 Å². The number of hydrogen-bond acceptors (Lipinski definition) is 2. The number of nitrogens with zero attached hydrogens (tertiary/aromatic N) is 1. The van der Waals surface area contributed by atoms with Crippen LogP contribution in [-0.2, 0) is 4.79 Å². The van der Waals surface area contributed by atoms with Crippen LogP contribution >= 0.6 is 0 Å². The van der Waals surface area contributed by atoms with E-state index in [2.05, 4.69) is 19.2 Å². The summed E-state index contributed by atoms with van der Waals surface area (Å²) in [7, 11) is 1.85. The molecule has 1 aliphatic rings. The third-order valence-corrected chi connectivity index (χ3v) is 2.38. The first-order valence-corrected chi connectivity index (χ1v) is 4.55. The number of nitrogens with one attached hydrogen (secondary N) is 1. The Morgan fingerprint density at radius 3 is 2.50 bits per heavy atom. The molecule has 70 valence electrons. The second-order valence-electron chi connectivity index (χ2n) is 3.97. The SMILES string of the molecule is CC(C)CC1NC(C)N(C)C1=O. The predicted octanol–water partition coefficient (Wildman–Crippen LogP) is 0.809. The molecule has 12 heavy (non-hydrogen) atoms. The van der Waals surface area contributed by atoms with Gasteiger partial charge >= 0.3 is 0 Å². The van der Waals surface area contributed by atoms with Crippen LogP contribution in [-0.4, -0.2) is 30.1 Å². The summed E-state index contributed by atoms with van der Waals surface area (Å²) in [4.78, 5) is 13.3. The van der Waals surface area contributed by atoms with Crippen LogP contribution in [0.15, 0.2) is 0 Å². The number of rotatable bonds is 2. The highest BCUT2D eigenvalue weighted by Gasteiger charge is 2.33. The van der Waals surface area contributed by atoms with E-state index in [1.165, 1.54) is 0 Å². The van der Waals surface area contributed by atoms with Crippen molar-refractivity contribution in [1.82, 2.24) is 10.2 Å². The maximum atomic E-state index is 11.5. The van der Waals surface area contributed by atoms with E-state index in [0.717, 1.165) is 6.42 Å². The zero-order valence-electron chi connectivity index (χ0n) is 8.29. The molecule has 1 saturated heterocycles. The van der Waals surface area contributed by atoms with Gasteiger partial charge in [0, 0.05) is 7.05 Å². The summed E-state index contributed by atoms with van der Waals surface area (Å²) in [6.07, 6.45) is 1.13. The van der Waals surface area contributed by atoms with E-state index in [9.17, 15) is 4.79 Å². The second-order valence-corrected chi connectivity index (χ2v) is 3.97. The van der Waals surface area contributed by atoms with Gasteiger partial charge in [0.2, 0.25) is 5.91 Å². The van der Waals surface area contributed by atoms with Crippen molar-refractivity contribution in [2.75, 3.05) is 7.05 Å². The molecule has 0 aromatic carbocycles. The minimum Gasteiger partial charge on any atom is -0.329 e. The largest absolute Gasteiger partial charge is 0.329 e. The van der Waals surface area contributed by atoms with Gasteiger partial charge in [-0.25, -0.2) is 0 Å². The summed E-state index contributed by atoms with van der Waals surface area (Å²) in [6, 6.07) is 0.0463. The number of hydrogen-bond donors (Lipinski definition) is 1. The van der Waals surface area contributed by atoms with E-state index in [1.54, 1.807) is 4.90 Å². The fourth-order valence-electron chi connectivity index (χ4n) is 1.55. The third kappa shape index (κ3) is 1.78. The lowest BCUT2D eigenvalue weighted by Crippen LogP contribution is -2.31. The Hall–Kier alpha value is -0.570. The molecule has 3 nitrogen and oxygen atoms in total. The molecule has 3 heteroatoms. The molecule has 0 aromatic heterocycles. The van der Waals surface area contributed by atoms with Gasteiger partial charge in [0.1, 0.15) is 0 Å². The average molecular weight is 170 g/mol. The van der Waals surface area contributed by atoms with Gasteiger partial charge in [0.25, 0.3) is 0 Å². The molecule has 1 amide bonds. The summed E-state index contributed by atoms with van der Waals surface area (Å²) in [5, 5.41) is 3.26. The highest BCUT2D eigenvalue weighted by molar-refractivity contribution is 5.83. The van der Waals surface area contributed by atoms with Crippen molar-refractivity contribution in [3.63, 3.8) is 0 Å². The van der Waals surface area contributed by atoms with Crippen molar-refractivity contribution in [3.8, 4) is 0 Å². The molecule has 0 spiro atoms. The fraction of sp³-hybridized carbons (Fsp3) is 0.889. The highest BCUT2D eigenvalue weighted by atomic mass is 16.2. The molecular weight excluding hydrogens is 152 g/mol. The predicted molar refractivity (Wildman–Crippen MR) is 48.6 cm³/mol. The lowest BCUT2D eigenvalue weighted by atomic mass is 10.0. The molecule has 0 radical (unpaired) electrons. The quantitative estimate of drug-likeness (QED) is 0.665. The number of amides is 1. The van der Waals surface area contributed by atoms with E-state index >= 15 is 0 Å². The Morgan fingerprint density at radius 1 is 1.58 bits per heavy atom. The molecule has 2 unspecified atom stereocenters. The summed E-state index contributed by atoms with van der Waals surface area (Å²) in [6.45, 7) is 6.29. The molecule has 1 N–H and O–H groups in total. The first-order valence-electron chi connectivity index (χ1n) is 4.55. The second kappa shape index (κ2) is 3.44. The Balaban J connectivity index is 2.53. The summed E-state index contributed by atoms with van der Waals surface area (Å²) in [5.41, 5.74) is 0. The van der Waals surface area contributed by atoms with Gasteiger partial charge < -0.3 is 4.90 Å². The normalized spacial score (nSPS) is 30.4. The topological polar surface area (TPSA) is 32.3 Å². The Kier molecular flexibility index (Phi) is 2.73. The van der Waals surface area contributed by atoms with Gasteiger partial charge in [-0.3, -0.25) is 10.1 Å². The number of carbonyl (C=O) groups is 1. The minimum atomic E-state index is 0.0463. The molecular formula is C9H18N2O. The maximum absolute atomic E-state index is 11.5. The van der Waals surface area contributed by atoms with Gasteiger partial charge in [0.05, 0.1) is 12.2 Å². The Morgan fingerprint density at radius 2 is 2.17 bits per heavy atom. The summed E-state index contributed by atoms with van der Waals surface area (Å²) < 4.78 is 0. The monoisotopic (exact) mass is 170 g/mol. The third-order valence-electron chi connectivity index (χ3n) is 2.38.